The molecule has 16 nitrogen and oxygen atoms in total. The van der Waals surface area contributed by atoms with Crippen molar-refractivity contribution in [2.45, 2.75) is 77.6 Å². The quantitative estimate of drug-likeness (QED) is 0.0780. The second-order valence-electron chi connectivity index (χ2n) is 19.0. The van der Waals surface area contributed by atoms with Gasteiger partial charge in [0.25, 0.3) is 17.7 Å². The van der Waals surface area contributed by atoms with Crippen molar-refractivity contribution < 1.29 is 28.4 Å². The van der Waals surface area contributed by atoms with E-state index in [0.717, 1.165) is 41.2 Å². The van der Waals surface area contributed by atoms with Gasteiger partial charge in [0, 0.05) is 90.0 Å². The number of rotatable bonds is 6. The van der Waals surface area contributed by atoms with E-state index in [1.54, 1.807) is 54.4 Å². The van der Waals surface area contributed by atoms with Crippen molar-refractivity contribution in [3.8, 4) is 0 Å². The molecule has 5 amide bonds. The van der Waals surface area contributed by atoms with Crippen molar-refractivity contribution in [3.63, 3.8) is 0 Å². The summed E-state index contributed by atoms with van der Waals surface area (Å²) in [5.74, 6) is -1.65. The Hall–Kier alpha value is -8.21. The van der Waals surface area contributed by atoms with E-state index in [1.807, 2.05) is 50.2 Å². The lowest BCUT2D eigenvalue weighted by molar-refractivity contribution is -0.118. The van der Waals surface area contributed by atoms with E-state index in [9.17, 15) is 28.4 Å². The fraction of sp³-hybridized carbons (Fsp3) is 0.269. The summed E-state index contributed by atoms with van der Waals surface area (Å²) >= 11 is 0. The van der Waals surface area contributed by atoms with E-state index < -0.39 is 11.9 Å². The van der Waals surface area contributed by atoms with Gasteiger partial charge in [0.15, 0.2) is 0 Å². The highest BCUT2D eigenvalue weighted by molar-refractivity contribution is 6.09. The van der Waals surface area contributed by atoms with Crippen LogP contribution in [-0.4, -0.2) is 57.6 Å². The smallest absolute Gasteiger partial charge is 0.260 e. The van der Waals surface area contributed by atoms with Crippen LogP contribution in [0.15, 0.2) is 110 Å². The summed E-state index contributed by atoms with van der Waals surface area (Å²) in [6, 6.07) is 26.4. The number of nitrogen functional groups attached to an aromatic ring is 2. The Morgan fingerprint density at radius 3 is 1.64 bits per heavy atom. The number of halogens is 1. The summed E-state index contributed by atoms with van der Waals surface area (Å²) in [5, 5.41) is 14.5. The van der Waals surface area contributed by atoms with Crippen molar-refractivity contribution in [2.75, 3.05) is 56.0 Å². The molecule has 9 N–H and O–H groups in total. The third-order valence-corrected chi connectivity index (χ3v) is 12.3. The number of benzene rings is 3. The van der Waals surface area contributed by atoms with Crippen molar-refractivity contribution in [1.29, 1.82) is 0 Å². The first kappa shape index (κ1) is 48.7. The Labute approximate surface area is 399 Å². The Kier molecular flexibility index (Phi) is 13.8. The normalized spacial score (nSPS) is 15.4. The highest BCUT2D eigenvalue weighted by atomic mass is 19.1. The first-order chi connectivity index (χ1) is 32.6. The molecular formula is C52H56FN11O5. The summed E-state index contributed by atoms with van der Waals surface area (Å²) < 4.78 is 13.5. The van der Waals surface area contributed by atoms with Crippen molar-refractivity contribution in [2.24, 2.45) is 0 Å². The molecule has 0 saturated carbocycles. The maximum atomic E-state index is 13.5. The lowest BCUT2D eigenvalue weighted by Crippen LogP contribution is -2.32. The minimum Gasteiger partial charge on any atom is -0.385 e. The van der Waals surface area contributed by atoms with Crippen LogP contribution < -0.4 is 43.0 Å². The summed E-state index contributed by atoms with van der Waals surface area (Å²) in [4.78, 5) is 73.5. The summed E-state index contributed by atoms with van der Waals surface area (Å²) in [6.45, 7) is 15.8. The van der Waals surface area contributed by atoms with Crippen LogP contribution in [0.4, 0.5) is 50.2 Å². The molecule has 0 fully saturated rings. The van der Waals surface area contributed by atoms with Gasteiger partial charge in [-0.15, -0.1) is 0 Å². The molecule has 3 aliphatic heterocycles. The number of carbonyl (C=O) groups is 5. The molecule has 6 heterocycles. The van der Waals surface area contributed by atoms with E-state index in [4.69, 9.17) is 11.5 Å². The van der Waals surface area contributed by atoms with Gasteiger partial charge in [-0.2, -0.15) is 4.39 Å². The van der Waals surface area contributed by atoms with Crippen LogP contribution in [0.1, 0.15) is 109 Å². The first-order valence-corrected chi connectivity index (χ1v) is 22.3. The molecule has 6 aromatic rings. The van der Waals surface area contributed by atoms with Gasteiger partial charge in [-0.1, -0.05) is 59.7 Å². The Balaban J connectivity index is 0.000000153. The van der Waals surface area contributed by atoms with Gasteiger partial charge in [0.1, 0.15) is 11.6 Å². The molecule has 0 aliphatic carbocycles. The van der Waals surface area contributed by atoms with E-state index in [2.05, 4.69) is 75.3 Å². The topological polar surface area (TPSA) is 239 Å². The van der Waals surface area contributed by atoms with Crippen LogP contribution in [0.3, 0.4) is 0 Å². The highest BCUT2D eigenvalue weighted by Crippen LogP contribution is 2.42. The molecular weight excluding hydrogens is 878 g/mol. The molecule has 3 aliphatic rings. The summed E-state index contributed by atoms with van der Waals surface area (Å²) in [7, 11) is 0. The zero-order valence-corrected chi connectivity index (χ0v) is 39.6. The average molecular weight is 934 g/mol. The Bertz CT molecular complexity index is 2990. The number of fused-ring (bicyclic) bond motifs is 3. The molecule has 3 aromatic heterocycles. The number of anilines is 8. The molecule has 17 heteroatoms. The predicted molar refractivity (Wildman–Crippen MR) is 268 cm³/mol. The zero-order chi connectivity index (χ0) is 49.8. The monoisotopic (exact) mass is 933 g/mol. The molecule has 0 bridgehead atoms. The average Bonchev–Trinajstić information content (AvgIpc) is 3.56. The SMILES string of the molecule is CC(=O)N1CC(C)(C)c2ccc(NC(=O)c3cccnc3N)cc21.CC1(C)CC(=O)Nc2cc(NC(=O)c3cccnc3F)ccc21.CC1(C)CCNc2cc(NC(=O)c3cccnc3N)ccc21. The van der Waals surface area contributed by atoms with Crippen molar-refractivity contribution in [3.05, 3.63) is 149 Å². The lowest BCUT2D eigenvalue weighted by Gasteiger charge is -2.33. The van der Waals surface area contributed by atoms with Gasteiger partial charge in [-0.25, -0.2) is 15.0 Å². The maximum Gasteiger partial charge on any atom is 0.260 e. The van der Waals surface area contributed by atoms with Gasteiger partial charge in [0.2, 0.25) is 17.8 Å². The van der Waals surface area contributed by atoms with Gasteiger partial charge < -0.3 is 43.0 Å². The lowest BCUT2D eigenvalue weighted by atomic mass is 9.78. The number of aromatic nitrogens is 3. The van der Waals surface area contributed by atoms with Crippen molar-refractivity contribution in [1.82, 2.24) is 15.0 Å². The fourth-order valence-corrected chi connectivity index (χ4v) is 8.63. The second-order valence-corrected chi connectivity index (χ2v) is 19.0. The number of nitrogens with zero attached hydrogens (tertiary/aromatic N) is 4. The number of hydrogen-bond donors (Lipinski definition) is 7. The largest absolute Gasteiger partial charge is 0.385 e. The molecule has 0 atom stereocenters. The minimum absolute atomic E-state index is 0.0122. The third kappa shape index (κ3) is 11.0. The van der Waals surface area contributed by atoms with E-state index in [0.29, 0.717) is 41.2 Å². The number of pyridine rings is 3. The Morgan fingerprint density at radius 2 is 1.10 bits per heavy atom. The van der Waals surface area contributed by atoms with Gasteiger partial charge in [-0.05, 0) is 101 Å². The fourth-order valence-electron chi connectivity index (χ4n) is 8.63. The number of nitrogens with two attached hydrogens (primary N) is 2. The molecule has 0 saturated heterocycles. The molecule has 3 aromatic carbocycles. The molecule has 0 spiro atoms. The zero-order valence-electron chi connectivity index (χ0n) is 39.6. The van der Waals surface area contributed by atoms with Gasteiger partial charge in [-0.3, -0.25) is 24.0 Å². The number of hydrogen-bond acceptors (Lipinski definition) is 11. The molecule has 0 unspecified atom stereocenters. The van der Waals surface area contributed by atoms with E-state index in [1.165, 1.54) is 30.1 Å². The number of nitrogens with one attached hydrogen (secondary N) is 5. The maximum absolute atomic E-state index is 13.5. The Morgan fingerprint density at radius 1 is 0.623 bits per heavy atom. The van der Waals surface area contributed by atoms with Crippen LogP contribution in [0.25, 0.3) is 0 Å². The van der Waals surface area contributed by atoms with Gasteiger partial charge >= 0.3 is 0 Å². The number of carbonyl (C=O) groups excluding carboxylic acids is 5. The molecule has 9 rings (SSSR count). The van der Waals surface area contributed by atoms with Crippen LogP contribution in [-0.2, 0) is 25.8 Å². The van der Waals surface area contributed by atoms with Crippen LogP contribution in [0.2, 0.25) is 0 Å². The van der Waals surface area contributed by atoms with Crippen LogP contribution in [0, 0.1) is 5.95 Å². The van der Waals surface area contributed by atoms with Gasteiger partial charge in [0.05, 0.1) is 16.7 Å². The summed E-state index contributed by atoms with van der Waals surface area (Å²) in [5.41, 5.74) is 19.6. The molecule has 0 radical (unpaired) electrons. The standard InChI is InChI=1S/C18H20N4O2.C17H16FN3O2.C17H20N4O/c1-11(23)22-10-18(2,3)14-7-6-12(9-15(14)22)21-17(24)13-5-4-8-20-16(13)19;1-17(2)9-14(22)21-13-8-10(5-6-12(13)17)20-16(23)11-4-3-7-19-15(11)18;1-17(2)7-9-19-14-10-11(5-6-13(14)17)21-16(22)12-4-3-8-20-15(12)18/h4-9H,10H2,1-3H3,(H2,19,20)(H,21,24);3-8H,9H2,1-2H3,(H,20,23)(H,21,22);3-6,8,10,19H,7,9H2,1-2H3,(H2,18,20)(H,21,22). The first-order valence-electron chi connectivity index (χ1n) is 22.3. The summed E-state index contributed by atoms with van der Waals surface area (Å²) in [6.07, 6.45) is 5.89. The van der Waals surface area contributed by atoms with Crippen LogP contribution >= 0.6 is 0 Å². The van der Waals surface area contributed by atoms with Crippen LogP contribution in [0.5, 0.6) is 0 Å². The third-order valence-electron chi connectivity index (χ3n) is 12.3. The van der Waals surface area contributed by atoms with E-state index in [-0.39, 0.29) is 57.1 Å². The second kappa shape index (κ2) is 19.6. The van der Waals surface area contributed by atoms with E-state index >= 15 is 0 Å². The molecule has 69 heavy (non-hydrogen) atoms. The van der Waals surface area contributed by atoms with Crippen molar-refractivity contribution >= 4 is 75.3 Å². The molecule has 356 valence electrons. The minimum atomic E-state index is -0.822. The highest BCUT2D eigenvalue weighted by Gasteiger charge is 2.37. The predicted octanol–water partition coefficient (Wildman–Crippen LogP) is 8.66. The number of amides is 5.